The monoisotopic (exact) mass is 203 g/mol. The fraction of sp³-hybridized carbons (Fsp3) is 0.200. The molecular formula is C10H13N5. The van der Waals surface area contributed by atoms with E-state index in [9.17, 15) is 0 Å². The summed E-state index contributed by atoms with van der Waals surface area (Å²) in [6, 6.07) is 10.0. The van der Waals surface area contributed by atoms with Gasteiger partial charge < -0.3 is 11.1 Å². The predicted molar refractivity (Wildman–Crippen MR) is 59.5 cm³/mol. The Bertz CT molecular complexity index is 434. The number of nitrogen functional groups attached to an aromatic ring is 1. The fourth-order valence-electron chi connectivity index (χ4n) is 1.33. The van der Waals surface area contributed by atoms with E-state index in [0.29, 0.717) is 18.4 Å². The van der Waals surface area contributed by atoms with E-state index < -0.39 is 0 Å². The third-order valence-corrected chi connectivity index (χ3v) is 2.10. The molecule has 2 aromatic rings. The molecule has 0 atom stereocenters. The minimum absolute atomic E-state index is 0.420. The topological polar surface area (TPSA) is 68.8 Å². The summed E-state index contributed by atoms with van der Waals surface area (Å²) >= 11 is 0. The average molecular weight is 203 g/mol. The zero-order valence-corrected chi connectivity index (χ0v) is 8.51. The predicted octanol–water partition coefficient (Wildman–Crippen LogP) is 0.950. The largest absolute Gasteiger partial charge is 0.368 e. The van der Waals surface area contributed by atoms with Crippen molar-refractivity contribution in [3.05, 3.63) is 35.9 Å². The van der Waals surface area contributed by atoms with Gasteiger partial charge in [0.1, 0.15) is 0 Å². The van der Waals surface area contributed by atoms with Gasteiger partial charge in [-0.25, -0.2) is 4.68 Å². The van der Waals surface area contributed by atoms with Gasteiger partial charge in [-0.1, -0.05) is 30.3 Å². The number of nitrogens with zero attached hydrogens (tertiary/aromatic N) is 3. The number of anilines is 2. The van der Waals surface area contributed by atoms with Crippen LogP contribution in [0.5, 0.6) is 0 Å². The van der Waals surface area contributed by atoms with Crippen molar-refractivity contribution in [1.29, 1.82) is 0 Å². The molecule has 0 aliphatic rings. The summed E-state index contributed by atoms with van der Waals surface area (Å²) in [5, 5.41) is 7.04. The number of nitrogens with two attached hydrogens (primary N) is 1. The average Bonchev–Trinajstić information content (AvgIpc) is 2.61. The first-order valence-corrected chi connectivity index (χ1v) is 4.71. The van der Waals surface area contributed by atoms with Crippen LogP contribution in [-0.4, -0.2) is 21.8 Å². The third kappa shape index (κ3) is 2.07. The molecule has 0 unspecified atom stereocenters. The van der Waals surface area contributed by atoms with Crippen molar-refractivity contribution in [1.82, 2.24) is 14.8 Å². The molecule has 2 rings (SSSR count). The molecule has 78 valence electrons. The maximum Gasteiger partial charge on any atom is 0.243 e. The summed E-state index contributed by atoms with van der Waals surface area (Å²) in [4.78, 5) is 4.04. The number of nitrogens with one attached hydrogen (secondary N) is 1. The Morgan fingerprint density at radius 3 is 2.67 bits per heavy atom. The Morgan fingerprint density at radius 2 is 2.07 bits per heavy atom. The van der Waals surface area contributed by atoms with Gasteiger partial charge in [-0.3, -0.25) is 0 Å². The molecule has 0 radical (unpaired) electrons. The van der Waals surface area contributed by atoms with Crippen molar-refractivity contribution < 1.29 is 0 Å². The molecule has 0 fully saturated rings. The molecule has 1 heterocycles. The van der Waals surface area contributed by atoms with E-state index >= 15 is 0 Å². The van der Waals surface area contributed by atoms with Crippen molar-refractivity contribution in [2.75, 3.05) is 18.1 Å². The van der Waals surface area contributed by atoms with E-state index in [1.807, 2.05) is 30.3 Å². The fourth-order valence-corrected chi connectivity index (χ4v) is 1.33. The molecule has 1 aromatic heterocycles. The van der Waals surface area contributed by atoms with Gasteiger partial charge in [-0.2, -0.15) is 4.98 Å². The van der Waals surface area contributed by atoms with Crippen LogP contribution in [0.3, 0.4) is 0 Å². The van der Waals surface area contributed by atoms with Gasteiger partial charge in [0.2, 0.25) is 11.9 Å². The van der Waals surface area contributed by atoms with Crippen molar-refractivity contribution >= 4 is 11.9 Å². The lowest BCUT2D eigenvalue weighted by Gasteiger charge is -2.01. The maximum absolute atomic E-state index is 5.71. The Morgan fingerprint density at radius 1 is 1.33 bits per heavy atom. The highest BCUT2D eigenvalue weighted by Gasteiger charge is 2.04. The number of benzene rings is 1. The first kappa shape index (κ1) is 9.51. The van der Waals surface area contributed by atoms with Crippen LogP contribution < -0.4 is 11.1 Å². The number of aromatic nitrogens is 3. The SMILES string of the molecule is CNc1nc(N)n(Cc2ccccc2)n1. The lowest BCUT2D eigenvalue weighted by Crippen LogP contribution is -2.06. The van der Waals surface area contributed by atoms with E-state index in [1.54, 1.807) is 11.7 Å². The minimum atomic E-state index is 0.420. The Labute approximate surface area is 87.9 Å². The Hall–Kier alpha value is -2.04. The second kappa shape index (κ2) is 4.00. The maximum atomic E-state index is 5.71. The molecule has 1 aromatic carbocycles. The quantitative estimate of drug-likeness (QED) is 0.779. The molecule has 0 aliphatic carbocycles. The van der Waals surface area contributed by atoms with Crippen LogP contribution in [0.1, 0.15) is 5.56 Å². The van der Waals surface area contributed by atoms with Crippen LogP contribution in [0.25, 0.3) is 0 Å². The molecule has 3 N–H and O–H groups in total. The number of rotatable bonds is 3. The lowest BCUT2D eigenvalue weighted by atomic mass is 10.2. The van der Waals surface area contributed by atoms with Crippen molar-refractivity contribution in [2.45, 2.75) is 6.54 Å². The highest BCUT2D eigenvalue weighted by atomic mass is 15.4. The van der Waals surface area contributed by atoms with Crippen LogP contribution in [-0.2, 0) is 6.54 Å². The van der Waals surface area contributed by atoms with Gasteiger partial charge in [-0.15, -0.1) is 5.10 Å². The minimum Gasteiger partial charge on any atom is -0.368 e. The van der Waals surface area contributed by atoms with Gasteiger partial charge in [0.25, 0.3) is 0 Å². The molecule has 0 aliphatic heterocycles. The summed E-state index contributed by atoms with van der Waals surface area (Å²) < 4.78 is 1.67. The normalized spacial score (nSPS) is 10.2. The van der Waals surface area contributed by atoms with Gasteiger partial charge in [0, 0.05) is 7.05 Å². The second-order valence-corrected chi connectivity index (χ2v) is 3.19. The third-order valence-electron chi connectivity index (χ3n) is 2.10. The summed E-state index contributed by atoms with van der Waals surface area (Å²) in [5.74, 6) is 0.964. The number of hydrogen-bond donors (Lipinski definition) is 2. The van der Waals surface area contributed by atoms with E-state index in [4.69, 9.17) is 5.73 Å². The van der Waals surface area contributed by atoms with E-state index in [-0.39, 0.29) is 0 Å². The molecule has 5 nitrogen and oxygen atoms in total. The van der Waals surface area contributed by atoms with Crippen LogP contribution in [0.4, 0.5) is 11.9 Å². The molecule has 0 amide bonds. The van der Waals surface area contributed by atoms with Crippen molar-refractivity contribution in [3.63, 3.8) is 0 Å². The summed E-state index contributed by atoms with van der Waals surface area (Å²) in [5.41, 5.74) is 6.86. The number of hydrogen-bond acceptors (Lipinski definition) is 4. The molecule has 5 heteroatoms. The molecule has 15 heavy (non-hydrogen) atoms. The van der Waals surface area contributed by atoms with Crippen LogP contribution in [0.15, 0.2) is 30.3 Å². The molecule has 0 bridgehead atoms. The molecule has 0 saturated carbocycles. The van der Waals surface area contributed by atoms with E-state index in [2.05, 4.69) is 15.4 Å². The van der Waals surface area contributed by atoms with Gasteiger partial charge >= 0.3 is 0 Å². The lowest BCUT2D eigenvalue weighted by molar-refractivity contribution is 0.698. The molecule has 0 saturated heterocycles. The standard InChI is InChI=1S/C10H13N5/c1-12-10-13-9(11)15(14-10)7-8-5-3-2-4-6-8/h2-6H,7H2,1H3,(H3,11,12,13,14). The second-order valence-electron chi connectivity index (χ2n) is 3.19. The van der Waals surface area contributed by atoms with E-state index in [1.165, 1.54) is 0 Å². The Kier molecular flexibility index (Phi) is 2.53. The van der Waals surface area contributed by atoms with Crippen molar-refractivity contribution in [3.8, 4) is 0 Å². The summed E-state index contributed by atoms with van der Waals surface area (Å²) in [7, 11) is 1.77. The van der Waals surface area contributed by atoms with Gasteiger partial charge in [0.05, 0.1) is 6.54 Å². The van der Waals surface area contributed by atoms with E-state index in [0.717, 1.165) is 5.56 Å². The first-order valence-electron chi connectivity index (χ1n) is 4.71. The zero-order valence-electron chi connectivity index (χ0n) is 8.51. The first-order chi connectivity index (χ1) is 7.29. The van der Waals surface area contributed by atoms with Crippen LogP contribution >= 0.6 is 0 Å². The van der Waals surface area contributed by atoms with Crippen LogP contribution in [0.2, 0.25) is 0 Å². The zero-order chi connectivity index (χ0) is 10.7. The van der Waals surface area contributed by atoms with Crippen LogP contribution in [0, 0.1) is 0 Å². The molecular weight excluding hydrogens is 190 g/mol. The smallest absolute Gasteiger partial charge is 0.243 e. The van der Waals surface area contributed by atoms with Gasteiger partial charge in [-0.05, 0) is 5.56 Å². The summed E-state index contributed by atoms with van der Waals surface area (Å²) in [6.45, 7) is 0.640. The summed E-state index contributed by atoms with van der Waals surface area (Å²) in [6.07, 6.45) is 0. The highest BCUT2D eigenvalue weighted by Crippen LogP contribution is 2.08. The molecule has 0 spiro atoms. The van der Waals surface area contributed by atoms with Crippen molar-refractivity contribution in [2.24, 2.45) is 0 Å². The highest BCUT2D eigenvalue weighted by molar-refractivity contribution is 5.31. The van der Waals surface area contributed by atoms with Gasteiger partial charge in [0.15, 0.2) is 0 Å². The Balaban J connectivity index is 2.21.